The number of halogens is 1. The third kappa shape index (κ3) is 3.09. The van der Waals surface area contributed by atoms with Gasteiger partial charge in [0.2, 0.25) is 0 Å². The lowest BCUT2D eigenvalue weighted by Gasteiger charge is -2.03. The summed E-state index contributed by atoms with van der Waals surface area (Å²) in [4.78, 5) is 16.5. The molecule has 1 heterocycles. The fourth-order valence-corrected chi connectivity index (χ4v) is 2.98. The van der Waals surface area contributed by atoms with E-state index in [0.717, 1.165) is 4.70 Å². The van der Waals surface area contributed by atoms with Crippen LogP contribution in [0, 0.1) is 5.82 Å². The van der Waals surface area contributed by atoms with Crippen molar-refractivity contribution in [2.75, 3.05) is 19.5 Å². The van der Waals surface area contributed by atoms with Gasteiger partial charge in [0.05, 0.1) is 18.9 Å². The van der Waals surface area contributed by atoms with Crippen molar-refractivity contribution in [3.63, 3.8) is 0 Å². The van der Waals surface area contributed by atoms with Gasteiger partial charge < -0.3 is 9.47 Å². The molecule has 0 bridgehead atoms. The molecule has 0 saturated heterocycles. The molecule has 1 amide bonds. The zero-order chi connectivity index (χ0) is 16.4. The van der Waals surface area contributed by atoms with Crippen LogP contribution in [0.1, 0.15) is 10.4 Å². The second-order valence-electron chi connectivity index (χ2n) is 4.66. The summed E-state index contributed by atoms with van der Waals surface area (Å²) in [6, 6.07) is 8.86. The second kappa shape index (κ2) is 6.21. The van der Waals surface area contributed by atoms with Crippen LogP contribution in [0.4, 0.5) is 9.52 Å². The molecule has 23 heavy (non-hydrogen) atoms. The Kier molecular flexibility index (Phi) is 4.12. The fourth-order valence-electron chi connectivity index (χ4n) is 2.07. The highest BCUT2D eigenvalue weighted by molar-refractivity contribution is 7.22. The van der Waals surface area contributed by atoms with Gasteiger partial charge in [-0.15, -0.1) is 0 Å². The monoisotopic (exact) mass is 332 g/mol. The summed E-state index contributed by atoms with van der Waals surface area (Å²) in [6.07, 6.45) is 0. The van der Waals surface area contributed by atoms with E-state index in [-0.39, 0.29) is 5.91 Å². The van der Waals surface area contributed by atoms with Crippen LogP contribution in [-0.2, 0) is 0 Å². The highest BCUT2D eigenvalue weighted by atomic mass is 32.1. The van der Waals surface area contributed by atoms with Gasteiger partial charge in [0.1, 0.15) is 22.8 Å². The third-order valence-corrected chi connectivity index (χ3v) is 4.13. The molecule has 5 nitrogen and oxygen atoms in total. The Balaban J connectivity index is 1.91. The molecule has 0 radical (unpaired) electrons. The maximum Gasteiger partial charge on any atom is 0.257 e. The van der Waals surface area contributed by atoms with Gasteiger partial charge in [0, 0.05) is 11.6 Å². The number of rotatable bonds is 4. The van der Waals surface area contributed by atoms with E-state index in [2.05, 4.69) is 10.3 Å². The van der Waals surface area contributed by atoms with Gasteiger partial charge in [-0.05, 0) is 30.3 Å². The van der Waals surface area contributed by atoms with Crippen LogP contribution in [0.25, 0.3) is 10.2 Å². The van der Waals surface area contributed by atoms with E-state index in [0.29, 0.717) is 27.7 Å². The largest absolute Gasteiger partial charge is 0.497 e. The summed E-state index contributed by atoms with van der Waals surface area (Å²) in [7, 11) is 3.11. The normalized spacial score (nSPS) is 10.6. The van der Waals surface area contributed by atoms with Crippen molar-refractivity contribution in [3.8, 4) is 11.5 Å². The Morgan fingerprint density at radius 1 is 1.17 bits per heavy atom. The van der Waals surface area contributed by atoms with Crippen LogP contribution in [0.5, 0.6) is 11.5 Å². The molecular weight excluding hydrogens is 319 g/mol. The van der Waals surface area contributed by atoms with Gasteiger partial charge in [0.15, 0.2) is 5.13 Å². The SMILES string of the molecule is COc1cc(OC)c2nc(NC(=O)c3ccc(F)cc3)sc2c1. The first-order valence-electron chi connectivity index (χ1n) is 6.70. The van der Waals surface area contributed by atoms with E-state index in [9.17, 15) is 9.18 Å². The predicted molar refractivity (Wildman–Crippen MR) is 87.1 cm³/mol. The molecular formula is C16H13FN2O3S. The highest BCUT2D eigenvalue weighted by Crippen LogP contribution is 2.36. The Labute approximate surface area is 135 Å². The Morgan fingerprint density at radius 3 is 2.57 bits per heavy atom. The summed E-state index contributed by atoms with van der Waals surface area (Å²) in [5.74, 6) is 0.473. The second-order valence-corrected chi connectivity index (χ2v) is 5.69. The quantitative estimate of drug-likeness (QED) is 0.791. The van der Waals surface area contributed by atoms with Crippen LogP contribution in [0.15, 0.2) is 36.4 Å². The minimum atomic E-state index is -0.390. The van der Waals surface area contributed by atoms with Crippen molar-refractivity contribution in [1.82, 2.24) is 4.98 Å². The molecule has 0 aliphatic rings. The number of aromatic nitrogens is 1. The molecule has 1 aromatic heterocycles. The lowest BCUT2D eigenvalue weighted by atomic mass is 10.2. The van der Waals surface area contributed by atoms with Gasteiger partial charge >= 0.3 is 0 Å². The minimum Gasteiger partial charge on any atom is -0.497 e. The average Bonchev–Trinajstić information content (AvgIpc) is 2.96. The maximum absolute atomic E-state index is 12.9. The molecule has 0 aliphatic heterocycles. The first-order chi connectivity index (χ1) is 11.1. The minimum absolute atomic E-state index is 0.352. The summed E-state index contributed by atoms with van der Waals surface area (Å²) in [5, 5.41) is 3.14. The standard InChI is InChI=1S/C16H13FN2O3S/c1-21-11-7-12(22-2)14-13(8-11)23-16(18-14)19-15(20)9-3-5-10(17)6-4-9/h3-8H,1-2H3,(H,18,19,20). The number of anilines is 1. The molecule has 2 aromatic carbocycles. The van der Waals surface area contributed by atoms with E-state index in [4.69, 9.17) is 9.47 Å². The number of thiazole rings is 1. The van der Waals surface area contributed by atoms with Gasteiger partial charge in [-0.2, -0.15) is 0 Å². The van der Waals surface area contributed by atoms with Gasteiger partial charge in [0.25, 0.3) is 5.91 Å². The number of methoxy groups -OCH3 is 2. The van der Waals surface area contributed by atoms with Crippen molar-refractivity contribution in [2.45, 2.75) is 0 Å². The van der Waals surface area contributed by atoms with E-state index >= 15 is 0 Å². The Morgan fingerprint density at radius 2 is 1.91 bits per heavy atom. The summed E-state index contributed by atoms with van der Waals surface area (Å²) in [6.45, 7) is 0. The Bertz CT molecular complexity index is 862. The number of carbonyl (C=O) groups excluding carboxylic acids is 1. The van der Waals surface area contributed by atoms with Crippen molar-refractivity contribution < 1.29 is 18.7 Å². The molecule has 0 spiro atoms. The number of carbonyl (C=O) groups is 1. The smallest absolute Gasteiger partial charge is 0.257 e. The number of fused-ring (bicyclic) bond motifs is 1. The average molecular weight is 332 g/mol. The molecule has 3 rings (SSSR count). The van der Waals surface area contributed by atoms with Crippen LogP contribution in [-0.4, -0.2) is 25.1 Å². The molecule has 0 unspecified atom stereocenters. The molecule has 0 atom stereocenters. The molecule has 118 valence electrons. The van der Waals surface area contributed by atoms with Crippen LogP contribution >= 0.6 is 11.3 Å². The number of hydrogen-bond donors (Lipinski definition) is 1. The molecule has 1 N–H and O–H groups in total. The number of hydrogen-bond acceptors (Lipinski definition) is 5. The highest BCUT2D eigenvalue weighted by Gasteiger charge is 2.14. The number of benzene rings is 2. The van der Waals surface area contributed by atoms with Crippen molar-refractivity contribution in [2.24, 2.45) is 0 Å². The van der Waals surface area contributed by atoms with Crippen LogP contribution < -0.4 is 14.8 Å². The predicted octanol–water partition coefficient (Wildman–Crippen LogP) is 3.70. The summed E-state index contributed by atoms with van der Waals surface area (Å²) >= 11 is 1.31. The number of nitrogens with zero attached hydrogens (tertiary/aromatic N) is 1. The fraction of sp³-hybridized carbons (Fsp3) is 0.125. The number of amides is 1. The van der Waals surface area contributed by atoms with E-state index in [1.54, 1.807) is 20.3 Å². The number of ether oxygens (including phenoxy) is 2. The lowest BCUT2D eigenvalue weighted by Crippen LogP contribution is -2.11. The van der Waals surface area contributed by atoms with E-state index in [1.165, 1.54) is 35.6 Å². The third-order valence-electron chi connectivity index (χ3n) is 3.22. The van der Waals surface area contributed by atoms with Gasteiger partial charge in [-0.3, -0.25) is 10.1 Å². The molecule has 0 aliphatic carbocycles. The lowest BCUT2D eigenvalue weighted by molar-refractivity contribution is 0.102. The van der Waals surface area contributed by atoms with Gasteiger partial charge in [-0.1, -0.05) is 11.3 Å². The first kappa shape index (κ1) is 15.2. The summed E-state index contributed by atoms with van der Waals surface area (Å²) < 4.78 is 24.2. The number of nitrogens with one attached hydrogen (secondary N) is 1. The molecule has 0 saturated carbocycles. The van der Waals surface area contributed by atoms with E-state index < -0.39 is 5.82 Å². The molecule has 3 aromatic rings. The van der Waals surface area contributed by atoms with Crippen molar-refractivity contribution in [1.29, 1.82) is 0 Å². The van der Waals surface area contributed by atoms with Crippen molar-refractivity contribution in [3.05, 3.63) is 47.8 Å². The topological polar surface area (TPSA) is 60.5 Å². The maximum atomic E-state index is 12.9. The van der Waals surface area contributed by atoms with E-state index in [1.807, 2.05) is 6.07 Å². The molecule has 0 fully saturated rings. The molecule has 7 heteroatoms. The first-order valence-corrected chi connectivity index (χ1v) is 7.52. The van der Waals surface area contributed by atoms with Crippen LogP contribution in [0.2, 0.25) is 0 Å². The van der Waals surface area contributed by atoms with Crippen LogP contribution in [0.3, 0.4) is 0 Å². The zero-order valence-corrected chi connectivity index (χ0v) is 13.2. The van der Waals surface area contributed by atoms with Gasteiger partial charge in [-0.25, -0.2) is 9.37 Å². The zero-order valence-electron chi connectivity index (χ0n) is 12.4. The summed E-state index contributed by atoms with van der Waals surface area (Å²) in [5.41, 5.74) is 1.00. The van der Waals surface area contributed by atoms with Crippen molar-refractivity contribution >= 4 is 32.6 Å². The Hall–Kier alpha value is -2.67.